The van der Waals surface area contributed by atoms with E-state index in [1.807, 2.05) is 6.07 Å². The third kappa shape index (κ3) is 5.21. The lowest BCUT2D eigenvalue weighted by molar-refractivity contribution is -0.0349. The van der Waals surface area contributed by atoms with Gasteiger partial charge in [-0.1, -0.05) is 37.3 Å². The van der Waals surface area contributed by atoms with Crippen LogP contribution in [0.15, 0.2) is 30.3 Å². The van der Waals surface area contributed by atoms with Crippen molar-refractivity contribution in [2.24, 2.45) is 5.92 Å². The van der Waals surface area contributed by atoms with Crippen molar-refractivity contribution in [3.05, 3.63) is 35.9 Å². The van der Waals surface area contributed by atoms with Crippen molar-refractivity contribution in [3.63, 3.8) is 0 Å². The Kier molecular flexibility index (Phi) is 6.15. The summed E-state index contributed by atoms with van der Waals surface area (Å²) in [5.41, 5.74) is -0.499. The van der Waals surface area contributed by atoms with E-state index < -0.39 is 13.3 Å². The molecule has 1 aromatic carbocycles. The molecule has 3 atom stereocenters. The van der Waals surface area contributed by atoms with Gasteiger partial charge in [0.05, 0.1) is 12.7 Å². The van der Waals surface area contributed by atoms with Crippen molar-refractivity contribution in [3.8, 4) is 0 Å². The molecule has 0 aliphatic carbocycles. The van der Waals surface area contributed by atoms with Crippen molar-refractivity contribution < 1.29 is 28.3 Å². The van der Waals surface area contributed by atoms with Crippen molar-refractivity contribution in [2.45, 2.75) is 32.5 Å². The van der Waals surface area contributed by atoms with Crippen molar-refractivity contribution in [1.82, 2.24) is 0 Å². The largest absolute Gasteiger partial charge is 0.452 e. The average molecular weight is 328 g/mol. The monoisotopic (exact) mass is 328 g/mol. The molecule has 6 nitrogen and oxygen atoms in total. The molecule has 1 saturated heterocycles. The van der Waals surface area contributed by atoms with Gasteiger partial charge >= 0.3 is 13.3 Å². The van der Waals surface area contributed by atoms with Crippen molar-refractivity contribution in [2.75, 3.05) is 13.2 Å². The average Bonchev–Trinajstić information content (AvgIpc) is 2.53. The topological polar surface area (TPSA) is 82.1 Å². The molecule has 0 aromatic heterocycles. The van der Waals surface area contributed by atoms with Crippen LogP contribution in [0.5, 0.6) is 0 Å². The fourth-order valence-electron chi connectivity index (χ4n) is 2.11. The van der Waals surface area contributed by atoms with Crippen LogP contribution in [0.3, 0.4) is 0 Å². The Balaban J connectivity index is 1.76. The number of hydrogen-bond acceptors (Lipinski definition) is 5. The van der Waals surface area contributed by atoms with E-state index in [9.17, 15) is 14.3 Å². The van der Waals surface area contributed by atoms with E-state index >= 15 is 0 Å². The predicted octanol–water partition coefficient (Wildman–Crippen LogP) is 3.34. The number of carbonyl (C=O) groups is 1. The number of hydrogen-bond donors (Lipinski definition) is 1. The maximum absolute atomic E-state index is 11.8. The molecule has 0 radical (unpaired) electrons. The van der Waals surface area contributed by atoms with E-state index in [2.05, 4.69) is 6.92 Å². The van der Waals surface area contributed by atoms with Gasteiger partial charge in [-0.15, -0.1) is 0 Å². The third-order valence-corrected chi connectivity index (χ3v) is 4.56. The molecule has 1 N–H and O–H groups in total. The summed E-state index contributed by atoms with van der Waals surface area (Å²) in [6, 6.07) is 8.93. The predicted molar refractivity (Wildman–Crippen MR) is 80.5 cm³/mol. The Morgan fingerprint density at radius 2 is 2.09 bits per heavy atom. The molecule has 2 rings (SSSR count). The number of rotatable bonds is 6. The molecule has 22 heavy (non-hydrogen) atoms. The standard InChI is InChI=1S/C15H21O6P/c1-12-7-8-14(19-9-12)11-21-22(17,18)15(16)20-10-13-5-3-2-4-6-13/h2-6,12,14H,7-11H2,1H3,(H,17,18)/t12-,14-/m0/s1. The van der Waals surface area contributed by atoms with Gasteiger partial charge in [-0.3, -0.25) is 4.52 Å². The maximum Gasteiger partial charge on any atom is 0.435 e. The highest BCUT2D eigenvalue weighted by Crippen LogP contribution is 2.44. The molecule has 1 aliphatic rings. The van der Waals surface area contributed by atoms with E-state index in [1.54, 1.807) is 24.3 Å². The molecular weight excluding hydrogens is 307 g/mol. The summed E-state index contributed by atoms with van der Waals surface area (Å²) < 4.78 is 27.0. The first-order chi connectivity index (χ1) is 10.5. The molecule has 1 unspecified atom stereocenters. The van der Waals surface area contributed by atoms with Crippen LogP contribution < -0.4 is 0 Å². The highest BCUT2D eigenvalue weighted by Gasteiger charge is 2.34. The maximum atomic E-state index is 11.8. The minimum Gasteiger partial charge on any atom is -0.452 e. The minimum atomic E-state index is -4.44. The molecule has 1 aromatic rings. The summed E-state index contributed by atoms with van der Waals surface area (Å²) in [6.45, 7) is 2.53. The lowest BCUT2D eigenvalue weighted by Gasteiger charge is -2.26. The lowest BCUT2D eigenvalue weighted by Crippen LogP contribution is -2.28. The Hall–Kier alpha value is -1.20. The zero-order chi connectivity index (χ0) is 16.0. The van der Waals surface area contributed by atoms with Crippen LogP contribution in [-0.2, 0) is 25.2 Å². The van der Waals surface area contributed by atoms with Crippen molar-refractivity contribution >= 4 is 13.3 Å². The van der Waals surface area contributed by atoms with Crippen LogP contribution in [0.25, 0.3) is 0 Å². The second-order valence-electron chi connectivity index (χ2n) is 5.49. The number of carbonyl (C=O) groups excluding carboxylic acids is 1. The molecule has 122 valence electrons. The summed E-state index contributed by atoms with van der Waals surface area (Å²) >= 11 is 0. The van der Waals surface area contributed by atoms with Gasteiger partial charge in [-0.25, -0.2) is 9.36 Å². The minimum absolute atomic E-state index is 0.0645. The number of ether oxygens (including phenoxy) is 2. The normalized spacial score (nSPS) is 24.5. The quantitative estimate of drug-likeness (QED) is 0.807. The highest BCUT2D eigenvalue weighted by molar-refractivity contribution is 7.70. The van der Waals surface area contributed by atoms with E-state index in [0.717, 1.165) is 18.4 Å². The van der Waals surface area contributed by atoms with Crippen LogP contribution in [0, 0.1) is 5.92 Å². The molecule has 1 heterocycles. The molecule has 0 spiro atoms. The summed E-state index contributed by atoms with van der Waals surface area (Å²) in [5.74, 6) is 0.480. The van der Waals surface area contributed by atoms with Gasteiger partial charge in [-0.05, 0) is 24.3 Å². The van der Waals surface area contributed by atoms with E-state index in [4.69, 9.17) is 14.0 Å². The Labute approximate surface area is 129 Å². The van der Waals surface area contributed by atoms with E-state index in [1.165, 1.54) is 0 Å². The Morgan fingerprint density at radius 3 is 2.73 bits per heavy atom. The highest BCUT2D eigenvalue weighted by atomic mass is 31.2. The van der Waals surface area contributed by atoms with Gasteiger partial charge in [0.1, 0.15) is 6.61 Å². The Morgan fingerprint density at radius 1 is 1.36 bits per heavy atom. The fraction of sp³-hybridized carbons (Fsp3) is 0.533. The summed E-state index contributed by atoms with van der Waals surface area (Å²) in [6.07, 6.45) is 1.47. The van der Waals surface area contributed by atoms with Gasteiger partial charge in [0, 0.05) is 6.61 Å². The van der Waals surface area contributed by atoms with Crippen molar-refractivity contribution in [1.29, 1.82) is 0 Å². The SMILES string of the molecule is C[C@H]1CC[C@@H](COP(=O)(O)C(=O)OCc2ccccc2)OC1. The summed E-state index contributed by atoms with van der Waals surface area (Å²) in [7, 11) is -4.44. The molecule has 0 amide bonds. The first-order valence-electron chi connectivity index (χ1n) is 7.27. The molecule has 1 fully saturated rings. The summed E-state index contributed by atoms with van der Waals surface area (Å²) in [5, 5.41) is 0. The lowest BCUT2D eigenvalue weighted by atomic mass is 10.0. The van der Waals surface area contributed by atoms with Crippen LogP contribution in [0.4, 0.5) is 4.79 Å². The zero-order valence-corrected chi connectivity index (χ0v) is 13.4. The van der Waals surface area contributed by atoms with Crippen LogP contribution in [-0.4, -0.2) is 29.9 Å². The van der Waals surface area contributed by atoms with Gasteiger partial charge in [-0.2, -0.15) is 0 Å². The van der Waals surface area contributed by atoms with Crippen LogP contribution in [0.2, 0.25) is 0 Å². The smallest absolute Gasteiger partial charge is 0.435 e. The first kappa shape index (κ1) is 17.2. The van der Waals surface area contributed by atoms with Gasteiger partial charge in [0.15, 0.2) is 0 Å². The second-order valence-corrected chi connectivity index (χ2v) is 7.16. The molecule has 7 heteroatoms. The van der Waals surface area contributed by atoms with Gasteiger partial charge in [0.2, 0.25) is 0 Å². The number of benzene rings is 1. The van der Waals surface area contributed by atoms with Gasteiger partial charge < -0.3 is 14.4 Å². The fourth-order valence-corrected chi connectivity index (χ4v) is 2.81. The van der Waals surface area contributed by atoms with Crippen LogP contribution >= 0.6 is 7.60 Å². The second kappa shape index (κ2) is 7.88. The van der Waals surface area contributed by atoms with Gasteiger partial charge in [0.25, 0.3) is 0 Å². The summed E-state index contributed by atoms with van der Waals surface area (Å²) in [4.78, 5) is 21.3. The molecule has 0 bridgehead atoms. The zero-order valence-electron chi connectivity index (χ0n) is 12.5. The van der Waals surface area contributed by atoms with E-state index in [0.29, 0.717) is 12.5 Å². The molecular formula is C15H21O6P. The van der Waals surface area contributed by atoms with E-state index in [-0.39, 0.29) is 19.3 Å². The molecule has 0 saturated carbocycles. The third-order valence-electron chi connectivity index (χ3n) is 3.47. The molecule has 1 aliphatic heterocycles. The first-order valence-corrected chi connectivity index (χ1v) is 8.85. The van der Waals surface area contributed by atoms with Crippen LogP contribution in [0.1, 0.15) is 25.3 Å². The Bertz CT molecular complexity index is 524.